The first-order chi connectivity index (χ1) is 9.15. The minimum atomic E-state index is -0.299. The molecular formula is C15H17N3O. The van der Waals surface area contributed by atoms with Crippen LogP contribution < -0.4 is 16.2 Å². The SMILES string of the molecule is Cc1ccc(NC(=O)NNc2ccccc2)cc1C. The highest BCUT2D eigenvalue weighted by Gasteiger charge is 2.02. The molecule has 0 atom stereocenters. The van der Waals surface area contributed by atoms with Crippen molar-refractivity contribution in [3.05, 3.63) is 59.7 Å². The van der Waals surface area contributed by atoms with Crippen molar-refractivity contribution in [2.45, 2.75) is 13.8 Å². The molecule has 2 aromatic rings. The summed E-state index contributed by atoms with van der Waals surface area (Å²) in [5.74, 6) is 0. The Bertz CT molecular complexity index is 567. The Balaban J connectivity index is 1.89. The molecule has 0 aliphatic heterocycles. The number of para-hydroxylation sites is 1. The number of urea groups is 1. The van der Waals surface area contributed by atoms with Gasteiger partial charge in [-0.25, -0.2) is 4.79 Å². The molecule has 4 heteroatoms. The third kappa shape index (κ3) is 3.74. The van der Waals surface area contributed by atoms with Gasteiger partial charge in [-0.1, -0.05) is 24.3 Å². The van der Waals surface area contributed by atoms with Crippen LogP contribution in [0.15, 0.2) is 48.5 Å². The van der Waals surface area contributed by atoms with E-state index in [1.807, 2.05) is 62.4 Å². The van der Waals surface area contributed by atoms with E-state index >= 15 is 0 Å². The first kappa shape index (κ1) is 13.0. The maximum Gasteiger partial charge on any atom is 0.337 e. The van der Waals surface area contributed by atoms with Gasteiger partial charge in [-0.05, 0) is 49.2 Å². The first-order valence-electron chi connectivity index (χ1n) is 6.10. The molecule has 0 aliphatic rings. The highest BCUT2D eigenvalue weighted by Crippen LogP contribution is 2.13. The van der Waals surface area contributed by atoms with Crippen LogP contribution in [0, 0.1) is 13.8 Å². The van der Waals surface area contributed by atoms with E-state index in [2.05, 4.69) is 16.2 Å². The van der Waals surface area contributed by atoms with Crippen LogP contribution in [0.25, 0.3) is 0 Å². The molecule has 19 heavy (non-hydrogen) atoms. The summed E-state index contributed by atoms with van der Waals surface area (Å²) in [5.41, 5.74) is 9.36. The molecule has 0 radical (unpaired) electrons. The number of anilines is 2. The van der Waals surface area contributed by atoms with Crippen LogP contribution >= 0.6 is 0 Å². The second-order valence-corrected chi connectivity index (χ2v) is 4.37. The Hall–Kier alpha value is -2.49. The average molecular weight is 255 g/mol. The summed E-state index contributed by atoms with van der Waals surface area (Å²) in [6, 6.07) is 15.0. The van der Waals surface area contributed by atoms with Gasteiger partial charge in [-0.15, -0.1) is 0 Å². The smallest absolute Gasteiger partial charge is 0.307 e. The van der Waals surface area contributed by atoms with Gasteiger partial charge in [-0.3, -0.25) is 10.9 Å². The van der Waals surface area contributed by atoms with Crippen molar-refractivity contribution in [1.29, 1.82) is 0 Å². The standard InChI is InChI=1S/C15H17N3O/c1-11-8-9-14(10-12(11)2)16-15(19)18-17-13-6-4-3-5-7-13/h3-10,17H,1-2H3,(H2,16,18,19). The van der Waals surface area contributed by atoms with Crippen molar-refractivity contribution in [2.24, 2.45) is 0 Å². The topological polar surface area (TPSA) is 53.2 Å². The predicted molar refractivity (Wildman–Crippen MR) is 78.1 cm³/mol. The largest absolute Gasteiger partial charge is 0.337 e. The predicted octanol–water partition coefficient (Wildman–Crippen LogP) is 3.45. The van der Waals surface area contributed by atoms with Crippen molar-refractivity contribution >= 4 is 17.4 Å². The van der Waals surface area contributed by atoms with Gasteiger partial charge >= 0.3 is 6.03 Å². The Labute approximate surface area is 112 Å². The molecule has 0 heterocycles. The lowest BCUT2D eigenvalue weighted by molar-refractivity contribution is 0.254. The minimum absolute atomic E-state index is 0.299. The van der Waals surface area contributed by atoms with Gasteiger partial charge in [0.05, 0.1) is 5.69 Å². The van der Waals surface area contributed by atoms with Crippen LogP contribution in [-0.4, -0.2) is 6.03 Å². The van der Waals surface area contributed by atoms with Crippen molar-refractivity contribution in [2.75, 3.05) is 10.7 Å². The lowest BCUT2D eigenvalue weighted by Crippen LogP contribution is -2.33. The molecule has 4 nitrogen and oxygen atoms in total. The molecule has 2 amide bonds. The zero-order valence-corrected chi connectivity index (χ0v) is 11.0. The van der Waals surface area contributed by atoms with Crippen molar-refractivity contribution < 1.29 is 4.79 Å². The summed E-state index contributed by atoms with van der Waals surface area (Å²) >= 11 is 0. The molecule has 2 aromatic carbocycles. The lowest BCUT2D eigenvalue weighted by atomic mass is 10.1. The minimum Gasteiger partial charge on any atom is -0.307 e. The zero-order chi connectivity index (χ0) is 13.7. The molecule has 0 spiro atoms. The van der Waals surface area contributed by atoms with Crippen LogP contribution in [0.1, 0.15) is 11.1 Å². The van der Waals surface area contributed by atoms with Crippen molar-refractivity contribution in [1.82, 2.24) is 5.43 Å². The maximum atomic E-state index is 11.7. The molecule has 0 unspecified atom stereocenters. The van der Waals surface area contributed by atoms with E-state index in [-0.39, 0.29) is 6.03 Å². The molecule has 98 valence electrons. The number of amides is 2. The number of nitrogens with one attached hydrogen (secondary N) is 3. The van der Waals surface area contributed by atoms with Gasteiger partial charge < -0.3 is 5.32 Å². The summed E-state index contributed by atoms with van der Waals surface area (Å²) in [6.45, 7) is 4.05. The third-order valence-corrected chi connectivity index (χ3v) is 2.86. The normalized spacial score (nSPS) is 9.79. The van der Waals surface area contributed by atoms with Gasteiger partial charge in [0, 0.05) is 5.69 Å². The molecular weight excluding hydrogens is 238 g/mol. The molecule has 0 saturated heterocycles. The Kier molecular flexibility index (Phi) is 4.03. The van der Waals surface area contributed by atoms with E-state index in [9.17, 15) is 4.79 Å². The number of rotatable bonds is 3. The van der Waals surface area contributed by atoms with Crippen molar-refractivity contribution in [3.8, 4) is 0 Å². The maximum absolute atomic E-state index is 11.7. The van der Waals surface area contributed by atoms with E-state index in [0.717, 1.165) is 16.9 Å². The van der Waals surface area contributed by atoms with Gasteiger partial charge in [0.2, 0.25) is 0 Å². The molecule has 0 saturated carbocycles. The fourth-order valence-electron chi connectivity index (χ4n) is 1.63. The van der Waals surface area contributed by atoms with E-state index in [1.54, 1.807) is 0 Å². The van der Waals surface area contributed by atoms with E-state index in [0.29, 0.717) is 0 Å². The molecule has 0 aromatic heterocycles. The second kappa shape index (κ2) is 5.91. The number of carbonyl (C=O) groups excluding carboxylic acids is 1. The van der Waals surface area contributed by atoms with Crippen LogP contribution in [0.3, 0.4) is 0 Å². The highest BCUT2D eigenvalue weighted by molar-refractivity contribution is 5.90. The van der Waals surface area contributed by atoms with Crippen molar-refractivity contribution in [3.63, 3.8) is 0 Å². The molecule has 2 rings (SSSR count). The molecule has 0 aliphatic carbocycles. The summed E-state index contributed by atoms with van der Waals surface area (Å²) in [6.07, 6.45) is 0. The van der Waals surface area contributed by atoms with Crippen LogP contribution in [0.4, 0.5) is 16.2 Å². The fourth-order valence-corrected chi connectivity index (χ4v) is 1.63. The quantitative estimate of drug-likeness (QED) is 0.736. The second-order valence-electron chi connectivity index (χ2n) is 4.37. The fraction of sp³-hybridized carbons (Fsp3) is 0.133. The monoisotopic (exact) mass is 255 g/mol. The summed E-state index contributed by atoms with van der Waals surface area (Å²) in [5, 5.41) is 2.77. The van der Waals surface area contributed by atoms with Gasteiger partial charge in [0.15, 0.2) is 0 Å². The number of benzene rings is 2. The lowest BCUT2D eigenvalue weighted by Gasteiger charge is -2.10. The zero-order valence-electron chi connectivity index (χ0n) is 11.0. The summed E-state index contributed by atoms with van der Waals surface area (Å²) in [4.78, 5) is 11.7. The van der Waals surface area contributed by atoms with E-state index < -0.39 is 0 Å². The third-order valence-electron chi connectivity index (χ3n) is 2.86. The number of aryl methyl sites for hydroxylation is 2. The summed E-state index contributed by atoms with van der Waals surface area (Å²) < 4.78 is 0. The van der Waals surface area contributed by atoms with Gasteiger partial charge in [0.25, 0.3) is 0 Å². The number of hydrazine groups is 1. The number of carbonyl (C=O) groups is 1. The Morgan fingerprint density at radius 3 is 2.32 bits per heavy atom. The number of hydrogen-bond acceptors (Lipinski definition) is 2. The highest BCUT2D eigenvalue weighted by atomic mass is 16.2. The van der Waals surface area contributed by atoms with E-state index in [4.69, 9.17) is 0 Å². The van der Waals surface area contributed by atoms with Crippen LogP contribution in [-0.2, 0) is 0 Å². The van der Waals surface area contributed by atoms with Crippen LogP contribution in [0.2, 0.25) is 0 Å². The molecule has 0 fully saturated rings. The number of hydrogen-bond donors (Lipinski definition) is 3. The average Bonchev–Trinajstić information content (AvgIpc) is 2.42. The van der Waals surface area contributed by atoms with Gasteiger partial charge in [0.1, 0.15) is 0 Å². The van der Waals surface area contributed by atoms with Gasteiger partial charge in [-0.2, -0.15) is 0 Å². The summed E-state index contributed by atoms with van der Waals surface area (Å²) in [7, 11) is 0. The molecule has 0 bridgehead atoms. The first-order valence-corrected chi connectivity index (χ1v) is 6.10. The molecule has 3 N–H and O–H groups in total. The Morgan fingerprint density at radius 2 is 1.63 bits per heavy atom. The van der Waals surface area contributed by atoms with E-state index in [1.165, 1.54) is 5.56 Å². The van der Waals surface area contributed by atoms with Crippen LogP contribution in [0.5, 0.6) is 0 Å². The Morgan fingerprint density at radius 1 is 0.895 bits per heavy atom.